The molecule has 3 aromatic heterocycles. The maximum Gasteiger partial charge on any atom is 0.252 e. The number of rotatable bonds is 7. The Morgan fingerprint density at radius 1 is 1.00 bits per heavy atom. The van der Waals surface area contributed by atoms with E-state index in [2.05, 4.69) is 43.7 Å². The molecule has 1 saturated heterocycles. The van der Waals surface area contributed by atoms with Crippen molar-refractivity contribution >= 4 is 39.6 Å². The zero-order valence-corrected chi connectivity index (χ0v) is 21.0. The minimum absolute atomic E-state index is 0.161. The predicted octanol–water partition coefficient (Wildman–Crippen LogP) is 4.57. The second-order valence-electron chi connectivity index (χ2n) is 9.32. The first-order valence-electron chi connectivity index (χ1n) is 12.5. The van der Waals surface area contributed by atoms with Gasteiger partial charge in [0.15, 0.2) is 5.65 Å². The van der Waals surface area contributed by atoms with E-state index in [9.17, 15) is 4.79 Å². The average Bonchev–Trinajstić information content (AvgIpc) is 3.58. The van der Waals surface area contributed by atoms with E-state index < -0.39 is 0 Å². The Balaban J connectivity index is 1.20. The quantitative estimate of drug-likeness (QED) is 0.344. The lowest BCUT2D eigenvalue weighted by molar-refractivity contribution is 0.0950. The summed E-state index contributed by atoms with van der Waals surface area (Å²) in [6, 6.07) is 19.4. The molecule has 8 nitrogen and oxygen atoms in total. The molecule has 0 aliphatic carbocycles. The van der Waals surface area contributed by atoms with Gasteiger partial charge in [-0.2, -0.15) is 0 Å². The lowest BCUT2D eigenvalue weighted by Crippen LogP contribution is -2.33. The van der Waals surface area contributed by atoms with Gasteiger partial charge in [0.25, 0.3) is 5.91 Å². The van der Waals surface area contributed by atoms with E-state index in [-0.39, 0.29) is 5.91 Å². The van der Waals surface area contributed by atoms with Gasteiger partial charge < -0.3 is 10.2 Å². The fourth-order valence-corrected chi connectivity index (χ4v) is 5.06. The first-order valence-corrected chi connectivity index (χ1v) is 12.9. The Morgan fingerprint density at radius 3 is 2.76 bits per heavy atom. The monoisotopic (exact) mass is 511 g/mol. The van der Waals surface area contributed by atoms with Crippen LogP contribution in [-0.2, 0) is 6.54 Å². The summed E-state index contributed by atoms with van der Waals surface area (Å²) in [7, 11) is 0. The molecular formula is C28H26ClN7O. The Labute approximate surface area is 219 Å². The van der Waals surface area contributed by atoms with Gasteiger partial charge in [-0.15, -0.1) is 5.10 Å². The van der Waals surface area contributed by atoms with Gasteiger partial charge in [-0.1, -0.05) is 41.1 Å². The number of nitrogens with zero attached hydrogens (tertiary/aromatic N) is 6. The van der Waals surface area contributed by atoms with Crippen molar-refractivity contribution in [1.29, 1.82) is 0 Å². The Bertz CT molecular complexity index is 1590. The molecule has 1 N–H and O–H groups in total. The Morgan fingerprint density at radius 2 is 1.89 bits per heavy atom. The second kappa shape index (κ2) is 10.2. The maximum atomic E-state index is 12.7. The molecule has 1 fully saturated rings. The highest BCUT2D eigenvalue weighted by molar-refractivity contribution is 6.34. The summed E-state index contributed by atoms with van der Waals surface area (Å²) in [6.45, 7) is 4.21. The van der Waals surface area contributed by atoms with Crippen LogP contribution in [0.15, 0.2) is 66.9 Å². The topological polar surface area (TPSA) is 88.8 Å². The van der Waals surface area contributed by atoms with Crippen molar-refractivity contribution in [3.8, 4) is 11.3 Å². The average molecular weight is 512 g/mol. The number of carbonyl (C=O) groups excluding carboxylic acids is 1. The van der Waals surface area contributed by atoms with Crippen LogP contribution in [0.3, 0.4) is 0 Å². The summed E-state index contributed by atoms with van der Waals surface area (Å²) in [4.78, 5) is 24.3. The van der Waals surface area contributed by atoms with Crippen molar-refractivity contribution in [2.75, 3.05) is 26.2 Å². The summed E-state index contributed by atoms with van der Waals surface area (Å²) in [5, 5.41) is 13.1. The molecule has 0 atom stereocenters. The highest BCUT2D eigenvalue weighted by atomic mass is 35.5. The molecule has 0 unspecified atom stereocenters. The zero-order chi connectivity index (χ0) is 25.2. The van der Waals surface area contributed by atoms with E-state index in [0.717, 1.165) is 47.4 Å². The summed E-state index contributed by atoms with van der Waals surface area (Å²) >= 11 is 6.53. The number of hydrogen-bond donors (Lipinski definition) is 1. The summed E-state index contributed by atoms with van der Waals surface area (Å²) < 4.78 is 1.78. The number of halogens is 1. The smallest absolute Gasteiger partial charge is 0.252 e. The van der Waals surface area contributed by atoms with Gasteiger partial charge in [0.05, 0.1) is 28.3 Å². The number of nitrogens with one attached hydrogen (secondary N) is 1. The van der Waals surface area contributed by atoms with Crippen molar-refractivity contribution < 1.29 is 4.79 Å². The highest BCUT2D eigenvalue weighted by Gasteiger charge is 2.15. The molecule has 1 aliphatic rings. The third kappa shape index (κ3) is 5.03. The van der Waals surface area contributed by atoms with E-state index in [0.29, 0.717) is 34.8 Å². The van der Waals surface area contributed by atoms with Crippen LogP contribution in [0.1, 0.15) is 28.8 Å². The number of aromatic nitrogens is 5. The third-order valence-electron chi connectivity index (χ3n) is 6.78. The molecule has 0 spiro atoms. The van der Waals surface area contributed by atoms with Crippen molar-refractivity contribution in [2.45, 2.75) is 19.4 Å². The van der Waals surface area contributed by atoms with Crippen molar-refractivity contribution in [3.63, 3.8) is 0 Å². The van der Waals surface area contributed by atoms with Crippen LogP contribution in [0.5, 0.6) is 0 Å². The van der Waals surface area contributed by atoms with E-state index in [4.69, 9.17) is 16.6 Å². The van der Waals surface area contributed by atoms with Crippen molar-refractivity contribution in [2.24, 2.45) is 0 Å². The molecule has 0 bridgehead atoms. The molecule has 6 rings (SSSR count). The third-order valence-corrected chi connectivity index (χ3v) is 7.10. The van der Waals surface area contributed by atoms with Gasteiger partial charge in [0.2, 0.25) is 0 Å². The van der Waals surface area contributed by atoms with Crippen molar-refractivity contribution in [1.82, 2.24) is 35.2 Å². The number of fused-ring (bicyclic) bond motifs is 2. The first kappa shape index (κ1) is 23.5. The number of amides is 1. The van der Waals surface area contributed by atoms with Crippen LogP contribution in [0.25, 0.3) is 33.3 Å². The van der Waals surface area contributed by atoms with Crippen LogP contribution in [-0.4, -0.2) is 61.9 Å². The van der Waals surface area contributed by atoms with Gasteiger partial charge in [-0.3, -0.25) is 9.78 Å². The molecule has 2 aromatic carbocycles. The summed E-state index contributed by atoms with van der Waals surface area (Å²) in [5.74, 6) is -0.161. The molecule has 1 aliphatic heterocycles. The largest absolute Gasteiger partial charge is 0.351 e. The molecule has 9 heteroatoms. The first-order chi connectivity index (χ1) is 18.1. The van der Waals surface area contributed by atoms with Gasteiger partial charge in [0.1, 0.15) is 5.52 Å². The zero-order valence-electron chi connectivity index (χ0n) is 20.3. The molecule has 5 aromatic rings. The molecule has 0 saturated carbocycles. The minimum atomic E-state index is -0.161. The van der Waals surface area contributed by atoms with Crippen molar-refractivity contribution in [3.05, 3.63) is 83.0 Å². The van der Waals surface area contributed by atoms with E-state index in [1.54, 1.807) is 23.0 Å². The number of pyridine rings is 2. The number of hydrogen-bond acceptors (Lipinski definition) is 6. The number of carbonyl (C=O) groups is 1. The molecule has 4 heterocycles. The summed E-state index contributed by atoms with van der Waals surface area (Å²) in [6.07, 6.45) is 4.26. The van der Waals surface area contributed by atoms with Crippen LogP contribution in [0.2, 0.25) is 5.02 Å². The summed E-state index contributed by atoms with van der Waals surface area (Å²) in [5.41, 5.74) is 5.41. The number of likely N-dealkylation sites (tertiary alicyclic amines) is 1. The Kier molecular flexibility index (Phi) is 6.51. The van der Waals surface area contributed by atoms with E-state index in [1.165, 1.54) is 12.8 Å². The molecule has 37 heavy (non-hydrogen) atoms. The van der Waals surface area contributed by atoms with Gasteiger partial charge in [-0.25, -0.2) is 9.67 Å². The van der Waals surface area contributed by atoms with Gasteiger partial charge >= 0.3 is 0 Å². The van der Waals surface area contributed by atoms with Crippen LogP contribution in [0.4, 0.5) is 0 Å². The normalized spacial score (nSPS) is 14.0. The van der Waals surface area contributed by atoms with E-state index >= 15 is 0 Å². The number of benzene rings is 2. The fraction of sp³-hybridized carbons (Fsp3) is 0.250. The standard InChI is InChI=1S/C28H26ClN7O/c29-23-17-21(7-8-22(23)28(37)31-12-15-35-13-1-2-14-35)24-9-10-25-27(32-24)36(34-33-25)18-19-5-6-20-4-3-11-30-26(20)16-19/h3-11,16-17H,1-2,12-15,18H2,(H,31,37). The molecular weight excluding hydrogens is 486 g/mol. The van der Waals surface area contributed by atoms with Gasteiger partial charge in [-0.05, 0) is 67.9 Å². The highest BCUT2D eigenvalue weighted by Crippen LogP contribution is 2.26. The van der Waals surface area contributed by atoms with Crippen LogP contribution >= 0.6 is 11.6 Å². The SMILES string of the molecule is O=C(NCCN1CCCC1)c1ccc(-c2ccc3nnn(Cc4ccc5cccnc5c4)c3n2)cc1Cl. The second-order valence-corrected chi connectivity index (χ2v) is 9.72. The lowest BCUT2D eigenvalue weighted by atomic mass is 10.1. The minimum Gasteiger partial charge on any atom is -0.351 e. The van der Waals surface area contributed by atoms with Crippen LogP contribution < -0.4 is 5.32 Å². The molecule has 0 radical (unpaired) electrons. The maximum absolute atomic E-state index is 12.7. The molecule has 186 valence electrons. The molecule has 1 amide bonds. The lowest BCUT2D eigenvalue weighted by Gasteiger charge is -2.15. The predicted molar refractivity (Wildman–Crippen MR) is 145 cm³/mol. The Hall–Kier alpha value is -3.88. The van der Waals surface area contributed by atoms with Crippen LogP contribution in [0, 0.1) is 0 Å². The van der Waals surface area contributed by atoms with E-state index in [1.807, 2.05) is 30.3 Å². The van der Waals surface area contributed by atoms with Gasteiger partial charge in [0, 0.05) is 30.2 Å². The fourth-order valence-electron chi connectivity index (χ4n) is 4.79.